The molecule has 0 aliphatic heterocycles. The smallest absolute Gasteiger partial charge is 0.0575 e. The molecule has 0 aromatic carbocycles. The Kier molecular flexibility index (Phi) is 10.1. The lowest BCUT2D eigenvalue weighted by Crippen LogP contribution is -2.28. The van der Waals surface area contributed by atoms with E-state index >= 15 is 0 Å². The molecule has 2 rings (SSSR count). The van der Waals surface area contributed by atoms with E-state index in [0.717, 1.165) is 24.4 Å². The first-order valence-electron chi connectivity index (χ1n) is 11.1. The first-order chi connectivity index (χ1) is 11.8. The van der Waals surface area contributed by atoms with Crippen LogP contribution in [-0.4, -0.2) is 12.7 Å². The van der Waals surface area contributed by atoms with Crippen LogP contribution in [0, 0.1) is 17.8 Å². The summed E-state index contributed by atoms with van der Waals surface area (Å²) in [6.45, 7) is 5.50. The van der Waals surface area contributed by atoms with Gasteiger partial charge in [-0.3, -0.25) is 0 Å². The summed E-state index contributed by atoms with van der Waals surface area (Å²) in [7, 11) is 0. The molecule has 0 amide bonds. The quantitative estimate of drug-likeness (QED) is 0.301. The van der Waals surface area contributed by atoms with Crippen molar-refractivity contribution in [3.05, 3.63) is 12.2 Å². The van der Waals surface area contributed by atoms with Crippen molar-refractivity contribution < 1.29 is 4.74 Å². The molecule has 0 unspecified atom stereocenters. The first kappa shape index (κ1) is 20.0. The lowest BCUT2D eigenvalue weighted by molar-refractivity contribution is 0.00543. The van der Waals surface area contributed by atoms with Gasteiger partial charge >= 0.3 is 0 Å². The third-order valence-corrected chi connectivity index (χ3v) is 6.52. The Balaban J connectivity index is 1.56. The third-order valence-electron chi connectivity index (χ3n) is 6.52. The second kappa shape index (κ2) is 12.1. The van der Waals surface area contributed by atoms with Crippen molar-refractivity contribution in [2.45, 2.75) is 110 Å². The topological polar surface area (TPSA) is 9.23 Å². The van der Waals surface area contributed by atoms with E-state index < -0.39 is 0 Å². The zero-order chi connectivity index (χ0) is 17.0. The molecule has 1 nitrogen and oxygen atoms in total. The van der Waals surface area contributed by atoms with Gasteiger partial charge in [0.1, 0.15) is 0 Å². The van der Waals surface area contributed by atoms with E-state index in [1.165, 1.54) is 89.9 Å². The summed E-state index contributed by atoms with van der Waals surface area (Å²) in [5.74, 6) is 3.07. The lowest BCUT2D eigenvalue weighted by Gasteiger charge is -2.37. The molecule has 0 atom stereocenters. The summed E-state index contributed by atoms with van der Waals surface area (Å²) in [6.07, 6.45) is 24.7. The molecule has 0 N–H and O–H groups in total. The van der Waals surface area contributed by atoms with Crippen LogP contribution in [0.4, 0.5) is 0 Å². The Morgan fingerprint density at radius 2 is 1.46 bits per heavy atom. The van der Waals surface area contributed by atoms with Gasteiger partial charge in [-0.2, -0.15) is 0 Å². The first-order valence-corrected chi connectivity index (χ1v) is 11.1. The van der Waals surface area contributed by atoms with E-state index in [1.807, 2.05) is 0 Å². The summed E-state index contributed by atoms with van der Waals surface area (Å²) < 4.78 is 6.10. The average molecular weight is 335 g/mol. The highest BCUT2D eigenvalue weighted by molar-refractivity contribution is 4.85. The van der Waals surface area contributed by atoms with Crippen LogP contribution < -0.4 is 0 Å². The van der Waals surface area contributed by atoms with Gasteiger partial charge in [-0.15, -0.1) is 0 Å². The molecule has 24 heavy (non-hydrogen) atoms. The van der Waals surface area contributed by atoms with E-state index in [4.69, 9.17) is 4.74 Å². The van der Waals surface area contributed by atoms with Crippen molar-refractivity contribution in [3.63, 3.8) is 0 Å². The van der Waals surface area contributed by atoms with Crippen molar-refractivity contribution in [1.82, 2.24) is 0 Å². The van der Waals surface area contributed by atoms with E-state index in [1.54, 1.807) is 0 Å². The molecule has 0 saturated heterocycles. The van der Waals surface area contributed by atoms with E-state index in [0.29, 0.717) is 6.10 Å². The number of hydrogen-bond acceptors (Lipinski definition) is 1. The minimum Gasteiger partial charge on any atom is -0.378 e. The molecule has 0 radical (unpaired) electrons. The summed E-state index contributed by atoms with van der Waals surface area (Å²) >= 11 is 0. The Morgan fingerprint density at radius 1 is 0.792 bits per heavy atom. The third kappa shape index (κ3) is 7.30. The van der Waals surface area contributed by atoms with Gasteiger partial charge in [0.05, 0.1) is 6.10 Å². The number of allylic oxidation sites excluding steroid dienone is 2. The molecule has 2 saturated carbocycles. The fourth-order valence-electron chi connectivity index (χ4n) is 4.89. The maximum absolute atomic E-state index is 6.10. The molecular formula is C23H42O. The van der Waals surface area contributed by atoms with Crippen molar-refractivity contribution in [2.24, 2.45) is 17.8 Å². The largest absolute Gasteiger partial charge is 0.378 e. The normalized spacial score (nSPS) is 31.6. The van der Waals surface area contributed by atoms with Crippen molar-refractivity contribution >= 4 is 0 Å². The SMILES string of the molecule is CC/C=C/CCC1CCC(C2CCC(OCCCCC)CC2)CC1. The maximum atomic E-state index is 6.10. The minimum absolute atomic E-state index is 0.583. The molecule has 2 aliphatic carbocycles. The van der Waals surface area contributed by atoms with Gasteiger partial charge in [-0.1, -0.05) is 51.7 Å². The number of hydrogen-bond donors (Lipinski definition) is 0. The maximum Gasteiger partial charge on any atom is 0.0575 e. The summed E-state index contributed by atoms with van der Waals surface area (Å²) in [5.41, 5.74) is 0. The molecule has 0 bridgehead atoms. The Bertz CT molecular complexity index is 319. The van der Waals surface area contributed by atoms with Crippen LogP contribution in [-0.2, 0) is 4.74 Å². The number of rotatable bonds is 10. The summed E-state index contributed by atoms with van der Waals surface area (Å²) in [4.78, 5) is 0. The number of unbranched alkanes of at least 4 members (excludes halogenated alkanes) is 2. The number of ether oxygens (including phenoxy) is 1. The molecule has 0 heterocycles. The van der Waals surface area contributed by atoms with Gasteiger partial charge in [0.2, 0.25) is 0 Å². The highest BCUT2D eigenvalue weighted by atomic mass is 16.5. The van der Waals surface area contributed by atoms with E-state index in [9.17, 15) is 0 Å². The molecule has 2 aliphatic rings. The monoisotopic (exact) mass is 334 g/mol. The van der Waals surface area contributed by atoms with Crippen LogP contribution in [0.1, 0.15) is 104 Å². The van der Waals surface area contributed by atoms with Gasteiger partial charge in [0.25, 0.3) is 0 Å². The standard InChI is InChI=1S/C23H42O/c1-3-5-7-8-10-20-11-13-21(14-12-20)22-15-17-23(18-16-22)24-19-9-6-4-2/h5,7,20-23H,3-4,6,8-19H2,1-2H3/b7-5+. The zero-order valence-corrected chi connectivity index (χ0v) is 16.5. The lowest BCUT2D eigenvalue weighted by atomic mass is 9.70. The van der Waals surface area contributed by atoms with Gasteiger partial charge in [-0.25, -0.2) is 0 Å². The van der Waals surface area contributed by atoms with Crippen molar-refractivity contribution in [3.8, 4) is 0 Å². The Morgan fingerprint density at radius 3 is 2.08 bits per heavy atom. The van der Waals surface area contributed by atoms with E-state index in [2.05, 4.69) is 26.0 Å². The molecule has 0 aromatic heterocycles. The van der Waals surface area contributed by atoms with Gasteiger partial charge in [0, 0.05) is 6.61 Å². The van der Waals surface area contributed by atoms with Crippen LogP contribution >= 0.6 is 0 Å². The highest BCUT2D eigenvalue weighted by Gasteiger charge is 2.30. The fraction of sp³-hybridized carbons (Fsp3) is 0.913. The highest BCUT2D eigenvalue weighted by Crippen LogP contribution is 2.41. The Labute approximate surface area is 151 Å². The van der Waals surface area contributed by atoms with Gasteiger partial charge < -0.3 is 4.74 Å². The summed E-state index contributed by atoms with van der Waals surface area (Å²) in [6, 6.07) is 0. The fourth-order valence-corrected chi connectivity index (χ4v) is 4.89. The van der Waals surface area contributed by atoms with Crippen LogP contribution in [0.3, 0.4) is 0 Å². The van der Waals surface area contributed by atoms with Crippen LogP contribution in [0.2, 0.25) is 0 Å². The van der Waals surface area contributed by atoms with Gasteiger partial charge in [-0.05, 0) is 82.0 Å². The second-order valence-corrected chi connectivity index (χ2v) is 8.35. The van der Waals surface area contributed by atoms with Gasteiger partial charge in [0.15, 0.2) is 0 Å². The zero-order valence-electron chi connectivity index (χ0n) is 16.5. The van der Waals surface area contributed by atoms with E-state index in [-0.39, 0.29) is 0 Å². The molecule has 140 valence electrons. The second-order valence-electron chi connectivity index (χ2n) is 8.35. The predicted molar refractivity (Wildman–Crippen MR) is 105 cm³/mol. The van der Waals surface area contributed by atoms with Crippen molar-refractivity contribution in [1.29, 1.82) is 0 Å². The summed E-state index contributed by atoms with van der Waals surface area (Å²) in [5, 5.41) is 0. The Hall–Kier alpha value is -0.300. The molecule has 0 spiro atoms. The van der Waals surface area contributed by atoms with Crippen LogP contribution in [0.25, 0.3) is 0 Å². The molecule has 0 aromatic rings. The molecule has 1 heteroatoms. The minimum atomic E-state index is 0.583. The van der Waals surface area contributed by atoms with Crippen LogP contribution in [0.5, 0.6) is 0 Å². The predicted octanol–water partition coefficient (Wildman–Crippen LogP) is 7.30. The molecular weight excluding hydrogens is 292 g/mol. The van der Waals surface area contributed by atoms with Crippen LogP contribution in [0.15, 0.2) is 12.2 Å². The molecule has 2 fully saturated rings. The average Bonchev–Trinajstić information content (AvgIpc) is 2.64. The van der Waals surface area contributed by atoms with Crippen molar-refractivity contribution in [2.75, 3.05) is 6.61 Å².